The van der Waals surface area contributed by atoms with Crippen LogP contribution in [0.4, 0.5) is 0 Å². The molecule has 0 aliphatic carbocycles. The molecule has 84 valence electrons. The monoisotopic (exact) mass is 227 g/mol. The van der Waals surface area contributed by atoms with Gasteiger partial charge in [0.15, 0.2) is 11.6 Å². The molecular weight excluding hydrogens is 218 g/mol. The largest absolute Gasteiger partial charge is 0.461 e. The number of H-pyrrole nitrogens is 1. The molecule has 1 aromatic carbocycles. The Bertz CT molecular complexity index is 665. The molecule has 0 spiro atoms. The molecule has 0 saturated heterocycles. The van der Waals surface area contributed by atoms with E-state index in [2.05, 4.69) is 10.1 Å². The lowest BCUT2D eigenvalue weighted by molar-refractivity contribution is 0.577. The van der Waals surface area contributed by atoms with Gasteiger partial charge in [0.1, 0.15) is 0 Å². The Hall–Kier alpha value is -2.56. The van der Waals surface area contributed by atoms with Crippen molar-refractivity contribution in [1.82, 2.24) is 14.8 Å². The van der Waals surface area contributed by atoms with Gasteiger partial charge in [0.2, 0.25) is 0 Å². The molecule has 0 bridgehead atoms. The number of aromatic amines is 1. The van der Waals surface area contributed by atoms with Crippen molar-refractivity contribution < 1.29 is 4.42 Å². The van der Waals surface area contributed by atoms with E-state index in [9.17, 15) is 4.79 Å². The number of aromatic nitrogens is 3. The van der Waals surface area contributed by atoms with Crippen LogP contribution in [-0.2, 0) is 0 Å². The summed E-state index contributed by atoms with van der Waals surface area (Å²) >= 11 is 0. The Balaban J connectivity index is 2.12. The molecular formula is C12H9N3O2. The predicted octanol–water partition coefficient (Wildman–Crippen LogP) is 1.82. The summed E-state index contributed by atoms with van der Waals surface area (Å²) < 4.78 is 6.48. The van der Waals surface area contributed by atoms with E-state index >= 15 is 0 Å². The highest BCUT2D eigenvalue weighted by Crippen LogP contribution is 2.13. The fourth-order valence-corrected chi connectivity index (χ4v) is 1.59. The van der Waals surface area contributed by atoms with Crippen LogP contribution in [0.3, 0.4) is 0 Å². The van der Waals surface area contributed by atoms with Crippen molar-refractivity contribution in [2.75, 3.05) is 0 Å². The van der Waals surface area contributed by atoms with Gasteiger partial charge in [-0.15, -0.1) is 5.10 Å². The smallest absolute Gasteiger partial charge is 0.348 e. The topological polar surface area (TPSA) is 63.8 Å². The van der Waals surface area contributed by atoms with Gasteiger partial charge in [-0.1, -0.05) is 18.2 Å². The first-order valence-corrected chi connectivity index (χ1v) is 5.13. The molecule has 3 rings (SSSR count). The first-order chi connectivity index (χ1) is 8.34. The SMILES string of the molecule is O=c1[nH]c(-c2ccco2)nn1-c1ccccc1. The second-order valence-electron chi connectivity index (χ2n) is 3.50. The van der Waals surface area contributed by atoms with Crippen LogP contribution in [0.15, 0.2) is 57.9 Å². The van der Waals surface area contributed by atoms with Gasteiger partial charge < -0.3 is 4.42 Å². The van der Waals surface area contributed by atoms with Gasteiger partial charge in [0, 0.05) is 0 Å². The Kier molecular flexibility index (Phi) is 2.15. The molecule has 0 fully saturated rings. The maximum Gasteiger partial charge on any atom is 0.348 e. The quantitative estimate of drug-likeness (QED) is 0.726. The van der Waals surface area contributed by atoms with Crippen molar-refractivity contribution in [2.45, 2.75) is 0 Å². The molecule has 17 heavy (non-hydrogen) atoms. The molecule has 5 nitrogen and oxygen atoms in total. The van der Waals surface area contributed by atoms with Gasteiger partial charge in [-0.25, -0.2) is 4.79 Å². The Morgan fingerprint density at radius 1 is 1.12 bits per heavy atom. The van der Waals surface area contributed by atoms with Crippen LogP contribution < -0.4 is 5.69 Å². The van der Waals surface area contributed by atoms with E-state index in [1.807, 2.05) is 30.3 Å². The van der Waals surface area contributed by atoms with E-state index in [0.29, 0.717) is 17.3 Å². The molecule has 5 heteroatoms. The zero-order valence-corrected chi connectivity index (χ0v) is 8.83. The summed E-state index contributed by atoms with van der Waals surface area (Å²) in [4.78, 5) is 14.4. The lowest BCUT2D eigenvalue weighted by Crippen LogP contribution is -2.15. The Labute approximate surface area is 96.3 Å². The van der Waals surface area contributed by atoms with E-state index in [-0.39, 0.29) is 5.69 Å². The molecule has 2 heterocycles. The first-order valence-electron chi connectivity index (χ1n) is 5.13. The summed E-state index contributed by atoms with van der Waals surface area (Å²) in [6, 6.07) is 12.7. The van der Waals surface area contributed by atoms with Gasteiger partial charge in [0.05, 0.1) is 12.0 Å². The number of nitrogens with zero attached hydrogens (tertiary/aromatic N) is 2. The average molecular weight is 227 g/mol. The molecule has 0 saturated carbocycles. The molecule has 0 radical (unpaired) electrons. The zero-order valence-electron chi connectivity index (χ0n) is 8.83. The fraction of sp³-hybridized carbons (Fsp3) is 0. The first kappa shape index (κ1) is 9.65. The van der Waals surface area contributed by atoms with Crippen molar-refractivity contribution in [3.05, 3.63) is 59.2 Å². The number of furan rings is 1. The number of hydrogen-bond donors (Lipinski definition) is 1. The van der Waals surface area contributed by atoms with Crippen LogP contribution in [0, 0.1) is 0 Å². The number of benzene rings is 1. The Morgan fingerprint density at radius 2 is 1.94 bits per heavy atom. The summed E-state index contributed by atoms with van der Waals surface area (Å²) in [6.45, 7) is 0. The molecule has 0 amide bonds. The third-order valence-electron chi connectivity index (χ3n) is 2.37. The van der Waals surface area contributed by atoms with E-state index in [1.165, 1.54) is 10.9 Å². The standard InChI is InChI=1S/C12H9N3O2/c16-12-13-11(10-7-4-8-17-10)14-15(12)9-5-2-1-3-6-9/h1-8H,(H,13,14,16). The maximum atomic E-state index is 11.7. The third kappa shape index (κ3) is 1.67. The molecule has 1 N–H and O–H groups in total. The maximum absolute atomic E-state index is 11.7. The Morgan fingerprint density at radius 3 is 2.65 bits per heavy atom. The molecule has 0 aliphatic heterocycles. The number of para-hydroxylation sites is 1. The fourth-order valence-electron chi connectivity index (χ4n) is 1.59. The summed E-state index contributed by atoms with van der Waals surface area (Å²) in [5.74, 6) is 0.959. The predicted molar refractivity (Wildman–Crippen MR) is 61.9 cm³/mol. The second-order valence-corrected chi connectivity index (χ2v) is 3.50. The lowest BCUT2D eigenvalue weighted by atomic mass is 10.3. The molecule has 0 aliphatic rings. The van der Waals surface area contributed by atoms with E-state index in [4.69, 9.17) is 4.42 Å². The minimum Gasteiger partial charge on any atom is -0.461 e. The lowest BCUT2D eigenvalue weighted by Gasteiger charge is -1.96. The number of hydrogen-bond acceptors (Lipinski definition) is 3. The highest BCUT2D eigenvalue weighted by molar-refractivity contribution is 5.45. The van der Waals surface area contributed by atoms with Gasteiger partial charge in [-0.05, 0) is 24.3 Å². The third-order valence-corrected chi connectivity index (χ3v) is 2.37. The van der Waals surface area contributed by atoms with E-state index < -0.39 is 0 Å². The van der Waals surface area contributed by atoms with Gasteiger partial charge in [-0.2, -0.15) is 4.68 Å². The zero-order chi connectivity index (χ0) is 11.7. The summed E-state index contributed by atoms with van der Waals surface area (Å²) in [7, 11) is 0. The number of rotatable bonds is 2. The van der Waals surface area contributed by atoms with Crippen molar-refractivity contribution in [1.29, 1.82) is 0 Å². The van der Waals surface area contributed by atoms with Gasteiger partial charge in [0.25, 0.3) is 0 Å². The van der Waals surface area contributed by atoms with E-state index in [1.54, 1.807) is 12.1 Å². The van der Waals surface area contributed by atoms with Crippen LogP contribution in [0.5, 0.6) is 0 Å². The average Bonchev–Trinajstić information content (AvgIpc) is 2.99. The minimum absolute atomic E-state index is 0.289. The molecule has 0 atom stereocenters. The second kappa shape index (κ2) is 3.79. The normalized spacial score (nSPS) is 10.6. The molecule has 2 aromatic heterocycles. The molecule has 3 aromatic rings. The minimum atomic E-state index is -0.289. The molecule has 0 unspecified atom stereocenters. The number of nitrogens with one attached hydrogen (secondary N) is 1. The summed E-state index contributed by atoms with van der Waals surface area (Å²) in [5.41, 5.74) is 0.425. The van der Waals surface area contributed by atoms with Crippen molar-refractivity contribution in [2.24, 2.45) is 0 Å². The van der Waals surface area contributed by atoms with Crippen LogP contribution in [-0.4, -0.2) is 14.8 Å². The van der Waals surface area contributed by atoms with Crippen LogP contribution in [0.25, 0.3) is 17.3 Å². The van der Waals surface area contributed by atoms with Crippen molar-refractivity contribution >= 4 is 0 Å². The summed E-state index contributed by atoms with van der Waals surface area (Å²) in [5, 5.41) is 4.18. The van der Waals surface area contributed by atoms with Crippen molar-refractivity contribution in [3.8, 4) is 17.3 Å². The van der Waals surface area contributed by atoms with Crippen LogP contribution in [0.1, 0.15) is 0 Å². The van der Waals surface area contributed by atoms with Gasteiger partial charge >= 0.3 is 5.69 Å². The highest BCUT2D eigenvalue weighted by Gasteiger charge is 2.10. The van der Waals surface area contributed by atoms with Crippen LogP contribution in [0.2, 0.25) is 0 Å². The van der Waals surface area contributed by atoms with Crippen molar-refractivity contribution in [3.63, 3.8) is 0 Å². The summed E-state index contributed by atoms with van der Waals surface area (Å²) in [6.07, 6.45) is 1.54. The van der Waals surface area contributed by atoms with E-state index in [0.717, 1.165) is 0 Å². The van der Waals surface area contributed by atoms with Gasteiger partial charge in [-0.3, -0.25) is 4.98 Å². The highest BCUT2D eigenvalue weighted by atomic mass is 16.3. The van der Waals surface area contributed by atoms with Crippen LogP contribution >= 0.6 is 0 Å².